The van der Waals surface area contributed by atoms with Crippen LogP contribution >= 0.6 is 0 Å². The number of rotatable bonds is 5. The van der Waals surface area contributed by atoms with E-state index in [9.17, 15) is 13.6 Å². The highest BCUT2D eigenvalue weighted by atomic mass is 19.1. The molecule has 0 amide bonds. The molecule has 4 nitrogen and oxygen atoms in total. The molecule has 1 aliphatic carbocycles. The van der Waals surface area contributed by atoms with Crippen LogP contribution in [0.15, 0.2) is 23.0 Å². The van der Waals surface area contributed by atoms with E-state index in [4.69, 9.17) is 0 Å². The molecule has 6 heteroatoms. The summed E-state index contributed by atoms with van der Waals surface area (Å²) in [6, 6.07) is 4.15. The Morgan fingerprint density at radius 1 is 1.21 bits per heavy atom. The Morgan fingerprint density at radius 3 is 2.54 bits per heavy atom. The number of nitrogens with one attached hydrogen (secondary N) is 2. The van der Waals surface area contributed by atoms with Gasteiger partial charge in [0, 0.05) is 17.2 Å². The molecule has 1 aromatic heterocycles. The van der Waals surface area contributed by atoms with Gasteiger partial charge in [-0.25, -0.2) is 13.8 Å². The zero-order valence-corrected chi connectivity index (χ0v) is 13.7. The summed E-state index contributed by atoms with van der Waals surface area (Å²) in [6.45, 7) is 1.68. The third kappa shape index (κ3) is 3.63. The van der Waals surface area contributed by atoms with Gasteiger partial charge in [0.1, 0.15) is 11.6 Å². The summed E-state index contributed by atoms with van der Waals surface area (Å²) in [6.07, 6.45) is 4.95. The molecule has 0 unspecified atom stereocenters. The van der Waals surface area contributed by atoms with Crippen LogP contribution in [0.25, 0.3) is 0 Å². The van der Waals surface area contributed by atoms with E-state index in [1.54, 1.807) is 6.92 Å². The molecule has 1 aromatic carbocycles. The van der Waals surface area contributed by atoms with Gasteiger partial charge in [0.25, 0.3) is 5.56 Å². The summed E-state index contributed by atoms with van der Waals surface area (Å²) in [5.41, 5.74) is 0.879. The first-order valence-corrected chi connectivity index (χ1v) is 8.34. The fourth-order valence-corrected chi connectivity index (χ4v) is 3.17. The zero-order chi connectivity index (χ0) is 17.1. The van der Waals surface area contributed by atoms with Crippen molar-refractivity contribution in [2.45, 2.75) is 51.5 Å². The van der Waals surface area contributed by atoms with Crippen LogP contribution in [0.4, 0.5) is 14.7 Å². The first-order valence-electron chi connectivity index (χ1n) is 8.34. The van der Waals surface area contributed by atoms with Crippen LogP contribution in [0.1, 0.15) is 42.5 Å². The van der Waals surface area contributed by atoms with Gasteiger partial charge in [-0.3, -0.25) is 9.78 Å². The zero-order valence-electron chi connectivity index (χ0n) is 13.7. The number of anilines is 1. The van der Waals surface area contributed by atoms with E-state index in [0.717, 1.165) is 12.8 Å². The molecule has 128 valence electrons. The largest absolute Gasteiger partial charge is 0.353 e. The molecule has 0 atom stereocenters. The molecular weight excluding hydrogens is 312 g/mol. The minimum Gasteiger partial charge on any atom is -0.353 e. The second-order valence-corrected chi connectivity index (χ2v) is 6.31. The summed E-state index contributed by atoms with van der Waals surface area (Å²) in [7, 11) is 0. The molecule has 3 rings (SSSR count). The summed E-state index contributed by atoms with van der Waals surface area (Å²) in [4.78, 5) is 19.3. The number of aromatic amines is 1. The van der Waals surface area contributed by atoms with E-state index in [0.29, 0.717) is 29.7 Å². The van der Waals surface area contributed by atoms with Crippen LogP contribution in [0.3, 0.4) is 0 Å². The quantitative estimate of drug-likeness (QED) is 0.880. The lowest BCUT2D eigenvalue weighted by atomic mass is 10.0. The Labute approximate surface area is 139 Å². The van der Waals surface area contributed by atoms with Gasteiger partial charge in [-0.05, 0) is 44.7 Å². The van der Waals surface area contributed by atoms with Gasteiger partial charge in [0.15, 0.2) is 0 Å². The predicted molar refractivity (Wildman–Crippen MR) is 89.2 cm³/mol. The van der Waals surface area contributed by atoms with Crippen molar-refractivity contribution in [3.05, 3.63) is 57.0 Å². The van der Waals surface area contributed by atoms with Crippen LogP contribution in [0, 0.1) is 18.6 Å². The number of aryl methyl sites for hydroxylation is 1. The molecule has 0 bridgehead atoms. The summed E-state index contributed by atoms with van der Waals surface area (Å²) < 4.78 is 27.5. The Morgan fingerprint density at radius 2 is 1.88 bits per heavy atom. The second-order valence-electron chi connectivity index (χ2n) is 6.31. The molecule has 1 saturated carbocycles. The molecule has 24 heavy (non-hydrogen) atoms. The Hall–Kier alpha value is -2.24. The van der Waals surface area contributed by atoms with Crippen molar-refractivity contribution < 1.29 is 8.78 Å². The fourth-order valence-electron chi connectivity index (χ4n) is 3.17. The van der Waals surface area contributed by atoms with Gasteiger partial charge >= 0.3 is 0 Å². The van der Waals surface area contributed by atoms with Crippen molar-refractivity contribution in [2.24, 2.45) is 0 Å². The lowest BCUT2D eigenvalue weighted by Crippen LogP contribution is -2.23. The van der Waals surface area contributed by atoms with Crippen molar-refractivity contribution in [3.8, 4) is 0 Å². The summed E-state index contributed by atoms with van der Waals surface area (Å²) in [5.74, 6) is -0.690. The van der Waals surface area contributed by atoms with E-state index in [-0.39, 0.29) is 17.5 Å². The predicted octanol–water partition coefficient (Wildman–Crippen LogP) is 3.50. The van der Waals surface area contributed by atoms with E-state index >= 15 is 0 Å². The highest BCUT2D eigenvalue weighted by molar-refractivity contribution is 5.31. The number of benzene rings is 1. The Kier molecular flexibility index (Phi) is 4.92. The number of halogens is 2. The van der Waals surface area contributed by atoms with Gasteiger partial charge in [0.05, 0.1) is 5.69 Å². The van der Waals surface area contributed by atoms with Gasteiger partial charge in [-0.1, -0.05) is 18.9 Å². The lowest BCUT2D eigenvalue weighted by molar-refractivity contribution is 0.553. The Bertz CT molecular complexity index is 762. The van der Waals surface area contributed by atoms with Crippen LogP contribution in [-0.4, -0.2) is 16.0 Å². The maximum Gasteiger partial charge on any atom is 0.255 e. The number of nitrogens with zero attached hydrogens (tertiary/aromatic N) is 1. The Balaban J connectivity index is 1.79. The molecule has 1 aliphatic rings. The first kappa shape index (κ1) is 16.6. The molecule has 2 aromatic rings. The van der Waals surface area contributed by atoms with Crippen molar-refractivity contribution >= 4 is 5.95 Å². The molecule has 0 saturated heterocycles. The van der Waals surface area contributed by atoms with Crippen molar-refractivity contribution in [3.63, 3.8) is 0 Å². The monoisotopic (exact) mass is 333 g/mol. The van der Waals surface area contributed by atoms with E-state index in [1.165, 1.54) is 31.0 Å². The third-order valence-electron chi connectivity index (χ3n) is 4.62. The SMILES string of the molecule is Cc1c(CCc2c(F)cccc2F)nc(NC2CCCC2)[nH]c1=O. The summed E-state index contributed by atoms with van der Waals surface area (Å²) >= 11 is 0. The molecular formula is C18H21F2N3O. The van der Waals surface area contributed by atoms with E-state index in [1.807, 2.05) is 0 Å². The van der Waals surface area contributed by atoms with Crippen molar-refractivity contribution in [2.75, 3.05) is 5.32 Å². The summed E-state index contributed by atoms with van der Waals surface area (Å²) in [5, 5.41) is 3.26. The lowest BCUT2D eigenvalue weighted by Gasteiger charge is -2.14. The van der Waals surface area contributed by atoms with Crippen LogP contribution in [0.5, 0.6) is 0 Å². The van der Waals surface area contributed by atoms with Crippen molar-refractivity contribution in [1.29, 1.82) is 0 Å². The highest BCUT2D eigenvalue weighted by Gasteiger charge is 2.17. The van der Waals surface area contributed by atoms with Crippen LogP contribution in [-0.2, 0) is 12.8 Å². The fraction of sp³-hybridized carbons (Fsp3) is 0.444. The van der Waals surface area contributed by atoms with Gasteiger partial charge in [-0.2, -0.15) is 0 Å². The topological polar surface area (TPSA) is 57.8 Å². The van der Waals surface area contributed by atoms with E-state index in [2.05, 4.69) is 15.3 Å². The minimum absolute atomic E-state index is 0.0317. The van der Waals surface area contributed by atoms with Crippen LogP contribution in [0.2, 0.25) is 0 Å². The molecule has 0 spiro atoms. The maximum atomic E-state index is 13.7. The average Bonchev–Trinajstić information content (AvgIpc) is 3.04. The normalized spacial score (nSPS) is 15.0. The van der Waals surface area contributed by atoms with E-state index < -0.39 is 11.6 Å². The number of aromatic nitrogens is 2. The molecule has 0 radical (unpaired) electrons. The van der Waals surface area contributed by atoms with Gasteiger partial charge < -0.3 is 5.32 Å². The smallest absolute Gasteiger partial charge is 0.255 e. The first-order chi connectivity index (χ1) is 11.5. The van der Waals surface area contributed by atoms with Gasteiger partial charge in [0.2, 0.25) is 5.95 Å². The average molecular weight is 333 g/mol. The third-order valence-corrected chi connectivity index (χ3v) is 4.62. The standard InChI is InChI=1S/C18H21F2N3O/c1-11-16(10-9-13-14(19)7-4-8-15(13)20)22-18(23-17(11)24)21-12-5-2-3-6-12/h4,7-8,12H,2-3,5-6,9-10H2,1H3,(H2,21,22,23,24). The maximum absolute atomic E-state index is 13.7. The van der Waals surface area contributed by atoms with Gasteiger partial charge in [-0.15, -0.1) is 0 Å². The molecule has 1 heterocycles. The minimum atomic E-state index is -0.568. The number of H-pyrrole nitrogens is 1. The molecule has 2 N–H and O–H groups in total. The van der Waals surface area contributed by atoms with Crippen molar-refractivity contribution in [1.82, 2.24) is 9.97 Å². The number of hydrogen-bond donors (Lipinski definition) is 2. The highest BCUT2D eigenvalue weighted by Crippen LogP contribution is 2.21. The second kappa shape index (κ2) is 7.11. The molecule has 1 fully saturated rings. The van der Waals surface area contributed by atoms with Crippen LogP contribution < -0.4 is 10.9 Å². The number of hydrogen-bond acceptors (Lipinski definition) is 3. The molecule has 0 aliphatic heterocycles.